The third-order valence-electron chi connectivity index (χ3n) is 4.06. The van der Waals surface area contributed by atoms with E-state index in [1.54, 1.807) is 42.7 Å². The minimum absolute atomic E-state index is 0.138. The number of carbonyl (C=O) groups excluding carboxylic acids is 2. The fourth-order valence-electron chi connectivity index (χ4n) is 2.59. The van der Waals surface area contributed by atoms with Crippen molar-refractivity contribution in [3.63, 3.8) is 0 Å². The lowest BCUT2D eigenvalue weighted by Crippen LogP contribution is -2.13. The van der Waals surface area contributed by atoms with Crippen LogP contribution in [0.15, 0.2) is 53.9 Å². The van der Waals surface area contributed by atoms with Crippen molar-refractivity contribution in [2.45, 2.75) is 12.8 Å². The normalized spacial score (nSPS) is 10.4. The molecular weight excluding hydrogens is 376 g/mol. The zero-order valence-corrected chi connectivity index (χ0v) is 16.4. The van der Waals surface area contributed by atoms with E-state index in [0.29, 0.717) is 24.1 Å². The zero-order chi connectivity index (χ0) is 19.9. The second-order valence-corrected chi connectivity index (χ2v) is 6.85. The van der Waals surface area contributed by atoms with Crippen molar-refractivity contribution >= 4 is 28.9 Å². The Morgan fingerprint density at radius 2 is 1.89 bits per heavy atom. The van der Waals surface area contributed by atoms with Crippen LogP contribution in [0.3, 0.4) is 0 Å². The van der Waals surface area contributed by atoms with Gasteiger partial charge in [0.2, 0.25) is 5.91 Å². The topological polar surface area (TPSA) is 77.5 Å². The van der Waals surface area contributed by atoms with Crippen LogP contribution in [0, 0.1) is 0 Å². The molecule has 7 heteroatoms. The van der Waals surface area contributed by atoms with Crippen LogP contribution < -0.4 is 10.1 Å². The monoisotopic (exact) mass is 396 g/mol. The predicted molar refractivity (Wildman–Crippen MR) is 109 cm³/mol. The van der Waals surface area contributed by atoms with Crippen LogP contribution in [0.1, 0.15) is 22.5 Å². The highest BCUT2D eigenvalue weighted by atomic mass is 32.1. The summed E-state index contributed by atoms with van der Waals surface area (Å²) in [5.74, 6) is 0.221. The number of thiazole rings is 1. The Labute approximate surface area is 167 Å². The van der Waals surface area contributed by atoms with Crippen molar-refractivity contribution in [3.8, 4) is 16.3 Å². The molecule has 0 bridgehead atoms. The average molecular weight is 396 g/mol. The lowest BCUT2D eigenvalue weighted by atomic mass is 10.2. The smallest absolute Gasteiger partial charge is 0.337 e. The quantitative estimate of drug-likeness (QED) is 0.606. The van der Waals surface area contributed by atoms with Crippen molar-refractivity contribution in [2.75, 3.05) is 19.5 Å². The van der Waals surface area contributed by atoms with E-state index in [0.717, 1.165) is 22.0 Å². The minimum atomic E-state index is -0.440. The molecule has 1 N–H and O–H groups in total. The highest BCUT2D eigenvalue weighted by Gasteiger charge is 2.10. The van der Waals surface area contributed by atoms with E-state index in [2.05, 4.69) is 15.0 Å². The third-order valence-corrected chi connectivity index (χ3v) is 5.00. The molecule has 144 valence electrons. The van der Waals surface area contributed by atoms with E-state index < -0.39 is 5.97 Å². The second kappa shape index (κ2) is 9.14. The number of carbonyl (C=O) groups is 2. The van der Waals surface area contributed by atoms with Gasteiger partial charge in [-0.15, -0.1) is 11.3 Å². The first kappa shape index (κ1) is 19.6. The predicted octanol–water partition coefficient (Wildman–Crippen LogP) is 4.18. The van der Waals surface area contributed by atoms with Crippen LogP contribution in [-0.2, 0) is 16.0 Å². The van der Waals surface area contributed by atoms with Crippen molar-refractivity contribution in [1.82, 2.24) is 4.98 Å². The summed E-state index contributed by atoms with van der Waals surface area (Å²) in [6, 6.07) is 14.4. The number of benzene rings is 2. The number of aromatic nitrogens is 1. The number of esters is 1. The molecule has 2 aromatic carbocycles. The Morgan fingerprint density at radius 1 is 1.11 bits per heavy atom. The second-order valence-electron chi connectivity index (χ2n) is 5.99. The Balaban J connectivity index is 1.56. The molecule has 1 aromatic heterocycles. The Bertz CT molecular complexity index is 967. The van der Waals surface area contributed by atoms with Gasteiger partial charge in [-0.25, -0.2) is 9.78 Å². The standard InChI is InChI=1S/C21H20N2O4S/c1-26-18-9-6-14(7-10-18)20-23-17(13-28-20)8-11-19(24)22-16-5-3-4-15(12-16)21(25)27-2/h3-7,9-10,12-13H,8,11H2,1-2H3,(H,22,24). The number of anilines is 1. The molecule has 3 aromatic rings. The van der Waals surface area contributed by atoms with Gasteiger partial charge in [0, 0.05) is 23.1 Å². The van der Waals surface area contributed by atoms with Crippen LogP contribution in [0.2, 0.25) is 0 Å². The Morgan fingerprint density at radius 3 is 2.61 bits per heavy atom. The first-order valence-electron chi connectivity index (χ1n) is 8.66. The van der Waals surface area contributed by atoms with E-state index in [1.165, 1.54) is 7.11 Å². The van der Waals surface area contributed by atoms with Gasteiger partial charge in [0.25, 0.3) is 0 Å². The summed E-state index contributed by atoms with van der Waals surface area (Å²) in [6.45, 7) is 0. The fraction of sp³-hybridized carbons (Fsp3) is 0.190. The molecule has 0 atom stereocenters. The molecule has 1 amide bonds. The average Bonchev–Trinajstić information content (AvgIpc) is 3.21. The molecular formula is C21H20N2O4S. The van der Waals surface area contributed by atoms with Crippen molar-refractivity contribution in [1.29, 1.82) is 0 Å². The van der Waals surface area contributed by atoms with Gasteiger partial charge in [0.05, 0.1) is 25.5 Å². The van der Waals surface area contributed by atoms with Gasteiger partial charge in [-0.2, -0.15) is 0 Å². The lowest BCUT2D eigenvalue weighted by molar-refractivity contribution is -0.116. The SMILES string of the molecule is COC(=O)c1cccc(NC(=O)CCc2csc(-c3ccc(OC)cc3)n2)c1. The van der Waals surface area contributed by atoms with Crippen LogP contribution >= 0.6 is 11.3 Å². The van der Waals surface area contributed by atoms with Crippen molar-refractivity contribution < 1.29 is 19.1 Å². The summed E-state index contributed by atoms with van der Waals surface area (Å²) in [4.78, 5) is 28.4. The molecule has 0 aliphatic carbocycles. The summed E-state index contributed by atoms with van der Waals surface area (Å²) in [7, 11) is 2.95. The van der Waals surface area contributed by atoms with Gasteiger partial charge < -0.3 is 14.8 Å². The van der Waals surface area contributed by atoms with Gasteiger partial charge in [-0.3, -0.25) is 4.79 Å². The number of hydrogen-bond donors (Lipinski definition) is 1. The van der Waals surface area contributed by atoms with Gasteiger partial charge in [-0.05, 0) is 48.9 Å². The van der Waals surface area contributed by atoms with E-state index in [9.17, 15) is 9.59 Å². The van der Waals surface area contributed by atoms with E-state index in [-0.39, 0.29) is 5.91 Å². The number of ether oxygens (including phenoxy) is 2. The molecule has 0 unspecified atom stereocenters. The fourth-order valence-corrected chi connectivity index (χ4v) is 3.46. The molecule has 0 radical (unpaired) electrons. The number of rotatable bonds is 7. The van der Waals surface area contributed by atoms with Gasteiger partial charge in [-0.1, -0.05) is 6.07 Å². The first-order valence-corrected chi connectivity index (χ1v) is 9.54. The number of nitrogens with zero attached hydrogens (tertiary/aromatic N) is 1. The number of amides is 1. The van der Waals surface area contributed by atoms with Crippen molar-refractivity contribution in [2.24, 2.45) is 0 Å². The molecule has 0 aliphatic rings. The van der Waals surface area contributed by atoms with Crippen LogP contribution in [0.5, 0.6) is 5.75 Å². The highest BCUT2D eigenvalue weighted by Crippen LogP contribution is 2.26. The Kier molecular flexibility index (Phi) is 6.39. The molecule has 0 saturated carbocycles. The van der Waals surface area contributed by atoms with Gasteiger partial charge in [0.15, 0.2) is 0 Å². The summed E-state index contributed by atoms with van der Waals surface area (Å²) in [5.41, 5.74) is 2.84. The molecule has 0 aliphatic heterocycles. The van der Waals surface area contributed by atoms with E-state index in [1.807, 2.05) is 29.6 Å². The molecule has 0 fully saturated rings. The van der Waals surface area contributed by atoms with E-state index in [4.69, 9.17) is 4.74 Å². The molecule has 3 rings (SSSR count). The van der Waals surface area contributed by atoms with Gasteiger partial charge in [0.1, 0.15) is 10.8 Å². The lowest BCUT2D eigenvalue weighted by Gasteiger charge is -2.06. The number of hydrogen-bond acceptors (Lipinski definition) is 6. The third kappa shape index (κ3) is 4.95. The highest BCUT2D eigenvalue weighted by molar-refractivity contribution is 7.13. The number of methoxy groups -OCH3 is 2. The summed E-state index contributed by atoms with van der Waals surface area (Å²) in [5, 5.41) is 5.67. The number of aryl methyl sites for hydroxylation is 1. The van der Waals surface area contributed by atoms with Crippen LogP contribution in [-0.4, -0.2) is 31.1 Å². The molecule has 6 nitrogen and oxygen atoms in total. The van der Waals surface area contributed by atoms with Gasteiger partial charge >= 0.3 is 5.97 Å². The van der Waals surface area contributed by atoms with Crippen LogP contribution in [0.25, 0.3) is 10.6 Å². The number of nitrogens with one attached hydrogen (secondary N) is 1. The van der Waals surface area contributed by atoms with E-state index >= 15 is 0 Å². The molecule has 0 spiro atoms. The maximum absolute atomic E-state index is 12.2. The summed E-state index contributed by atoms with van der Waals surface area (Å²) >= 11 is 1.54. The largest absolute Gasteiger partial charge is 0.497 e. The molecule has 0 saturated heterocycles. The van der Waals surface area contributed by atoms with Crippen LogP contribution in [0.4, 0.5) is 5.69 Å². The maximum Gasteiger partial charge on any atom is 0.337 e. The molecule has 28 heavy (non-hydrogen) atoms. The summed E-state index contributed by atoms with van der Waals surface area (Å²) in [6.07, 6.45) is 0.837. The Hall–Kier alpha value is -3.19. The first-order chi connectivity index (χ1) is 13.6. The summed E-state index contributed by atoms with van der Waals surface area (Å²) < 4.78 is 9.85. The zero-order valence-electron chi connectivity index (χ0n) is 15.6. The maximum atomic E-state index is 12.2. The molecule has 1 heterocycles. The van der Waals surface area contributed by atoms with Crippen molar-refractivity contribution in [3.05, 3.63) is 65.2 Å². The minimum Gasteiger partial charge on any atom is -0.497 e.